The van der Waals surface area contributed by atoms with E-state index in [1.807, 2.05) is 12.1 Å². The zero-order valence-electron chi connectivity index (χ0n) is 22.6. The van der Waals surface area contributed by atoms with E-state index in [-0.39, 0.29) is 6.04 Å². The van der Waals surface area contributed by atoms with Gasteiger partial charge >= 0.3 is 0 Å². The van der Waals surface area contributed by atoms with Crippen LogP contribution in [0.1, 0.15) is 42.1 Å². The molecule has 0 spiro atoms. The predicted molar refractivity (Wildman–Crippen MR) is 148 cm³/mol. The van der Waals surface area contributed by atoms with Gasteiger partial charge in [0, 0.05) is 19.5 Å². The van der Waals surface area contributed by atoms with Gasteiger partial charge in [-0.05, 0) is 66.0 Å². The van der Waals surface area contributed by atoms with Crippen molar-refractivity contribution in [3.8, 4) is 23.0 Å². The van der Waals surface area contributed by atoms with Gasteiger partial charge in [0.2, 0.25) is 0 Å². The van der Waals surface area contributed by atoms with Gasteiger partial charge in [-0.3, -0.25) is 0 Å². The Morgan fingerprint density at radius 3 is 2.27 bits per heavy atom. The van der Waals surface area contributed by atoms with Gasteiger partial charge in [-0.15, -0.1) is 0 Å². The summed E-state index contributed by atoms with van der Waals surface area (Å²) in [7, 11) is 3.40. The predicted octanol–water partition coefficient (Wildman–Crippen LogP) is 5.28. The first-order valence-electron chi connectivity index (χ1n) is 13.3. The van der Waals surface area contributed by atoms with Crippen molar-refractivity contribution in [2.24, 2.45) is 0 Å². The molecule has 3 aromatic rings. The molecule has 0 radical (unpaired) electrons. The summed E-state index contributed by atoms with van der Waals surface area (Å²) in [5, 5.41) is 3.68. The Labute approximate surface area is 221 Å². The Morgan fingerprint density at radius 2 is 1.54 bits per heavy atom. The lowest BCUT2D eigenvalue weighted by molar-refractivity contribution is 0.217. The van der Waals surface area contributed by atoms with Gasteiger partial charge in [-0.1, -0.05) is 50.2 Å². The summed E-state index contributed by atoms with van der Waals surface area (Å²) in [5.41, 5.74) is 4.88. The minimum absolute atomic E-state index is 0.0343. The molecule has 6 heteroatoms. The number of nitrogens with one attached hydrogen (secondary N) is 1. The molecule has 1 aliphatic rings. The molecule has 1 atom stereocenters. The molecule has 0 saturated heterocycles. The number of hydrogen-bond donors (Lipinski definition) is 1. The first kappa shape index (κ1) is 26.8. The molecule has 3 aromatic carbocycles. The summed E-state index contributed by atoms with van der Waals surface area (Å²) in [6.45, 7) is 9.37. The highest BCUT2D eigenvalue weighted by Gasteiger charge is 2.25. The van der Waals surface area contributed by atoms with E-state index in [0.29, 0.717) is 13.2 Å². The van der Waals surface area contributed by atoms with Gasteiger partial charge in [-0.25, -0.2) is 0 Å². The molecule has 1 heterocycles. The van der Waals surface area contributed by atoms with Crippen LogP contribution in [0.2, 0.25) is 0 Å². The summed E-state index contributed by atoms with van der Waals surface area (Å²) in [6, 6.07) is 20.9. The first-order valence-corrected chi connectivity index (χ1v) is 13.3. The van der Waals surface area contributed by atoms with E-state index in [2.05, 4.69) is 72.6 Å². The molecule has 1 N–H and O–H groups in total. The van der Waals surface area contributed by atoms with Crippen molar-refractivity contribution < 1.29 is 18.9 Å². The zero-order valence-corrected chi connectivity index (χ0v) is 22.6. The molecule has 0 aliphatic carbocycles. The number of benzene rings is 3. The molecule has 0 fully saturated rings. The van der Waals surface area contributed by atoms with Crippen molar-refractivity contribution in [1.82, 2.24) is 10.2 Å². The average Bonchev–Trinajstić information content (AvgIpc) is 2.95. The van der Waals surface area contributed by atoms with Crippen LogP contribution in [0.3, 0.4) is 0 Å². The fraction of sp³-hybridized carbons (Fsp3) is 0.419. The van der Waals surface area contributed by atoms with Crippen LogP contribution in [0.25, 0.3) is 0 Å². The van der Waals surface area contributed by atoms with Crippen molar-refractivity contribution >= 4 is 0 Å². The summed E-state index contributed by atoms with van der Waals surface area (Å²) >= 11 is 0. The maximum absolute atomic E-state index is 6.22. The van der Waals surface area contributed by atoms with E-state index in [9.17, 15) is 0 Å². The smallest absolute Gasteiger partial charge is 0.161 e. The highest BCUT2D eigenvalue weighted by atomic mass is 16.5. The SMILES string of the molecule is CCN(CC)CCOc1cc2c(cc1OC)CCNC2c1ccc(OCCc2ccccc2)c(OC)c1. The van der Waals surface area contributed by atoms with Crippen LogP contribution in [-0.4, -0.2) is 58.5 Å². The molecule has 1 unspecified atom stereocenters. The maximum atomic E-state index is 6.22. The number of likely N-dealkylation sites (N-methyl/N-ethyl adjacent to an activating group) is 1. The molecular weight excluding hydrogens is 464 g/mol. The van der Waals surface area contributed by atoms with Crippen LogP contribution in [0.4, 0.5) is 0 Å². The number of rotatable bonds is 13. The van der Waals surface area contributed by atoms with Gasteiger partial charge in [-0.2, -0.15) is 0 Å². The quantitative estimate of drug-likeness (QED) is 0.342. The fourth-order valence-corrected chi connectivity index (χ4v) is 4.86. The van der Waals surface area contributed by atoms with Gasteiger partial charge in [0.1, 0.15) is 6.61 Å². The molecule has 0 bridgehead atoms. The van der Waals surface area contributed by atoms with Crippen LogP contribution in [-0.2, 0) is 12.8 Å². The third-order valence-corrected chi connectivity index (χ3v) is 7.05. The summed E-state index contributed by atoms with van der Waals surface area (Å²) in [4.78, 5) is 2.35. The molecule has 0 aromatic heterocycles. The van der Waals surface area contributed by atoms with E-state index < -0.39 is 0 Å². The largest absolute Gasteiger partial charge is 0.493 e. The lowest BCUT2D eigenvalue weighted by Gasteiger charge is -2.29. The standard InChI is InChI=1S/C31H40N2O4/c1-5-33(6-2)17-19-37-30-22-26-24(20-29(30)35-4)14-16-32-31(26)25-12-13-27(28(21-25)34-3)36-18-15-23-10-8-7-9-11-23/h7-13,20-22,31-32H,5-6,14-19H2,1-4H3. The minimum Gasteiger partial charge on any atom is -0.493 e. The third kappa shape index (κ3) is 6.76. The Balaban J connectivity index is 1.51. The van der Waals surface area contributed by atoms with Gasteiger partial charge in [0.15, 0.2) is 23.0 Å². The number of ether oxygens (including phenoxy) is 4. The normalized spacial score (nSPS) is 14.8. The molecule has 6 nitrogen and oxygen atoms in total. The Bertz CT molecular complexity index is 1130. The Hall–Kier alpha value is -3.22. The number of methoxy groups -OCH3 is 2. The topological polar surface area (TPSA) is 52.2 Å². The molecule has 4 rings (SSSR count). The number of nitrogens with zero attached hydrogens (tertiary/aromatic N) is 1. The van der Waals surface area contributed by atoms with Crippen molar-refractivity contribution in [2.45, 2.75) is 32.7 Å². The third-order valence-electron chi connectivity index (χ3n) is 7.05. The Kier molecular flexibility index (Phi) is 9.69. The molecule has 0 saturated carbocycles. The lowest BCUT2D eigenvalue weighted by Crippen LogP contribution is -2.31. The zero-order chi connectivity index (χ0) is 26.0. The summed E-state index contributed by atoms with van der Waals surface area (Å²) in [5.74, 6) is 3.07. The first-order chi connectivity index (χ1) is 18.2. The van der Waals surface area contributed by atoms with Gasteiger partial charge < -0.3 is 29.2 Å². The minimum atomic E-state index is 0.0343. The highest BCUT2D eigenvalue weighted by Crippen LogP contribution is 2.39. The second-order valence-electron chi connectivity index (χ2n) is 9.21. The van der Waals surface area contributed by atoms with Crippen molar-refractivity contribution in [1.29, 1.82) is 0 Å². The molecule has 37 heavy (non-hydrogen) atoms. The second kappa shape index (κ2) is 13.4. The fourth-order valence-electron chi connectivity index (χ4n) is 4.86. The molecule has 1 aliphatic heterocycles. The van der Waals surface area contributed by atoms with Crippen molar-refractivity contribution in [3.05, 3.63) is 82.9 Å². The van der Waals surface area contributed by atoms with Gasteiger partial charge in [0.25, 0.3) is 0 Å². The van der Waals surface area contributed by atoms with E-state index in [0.717, 1.165) is 67.6 Å². The monoisotopic (exact) mass is 504 g/mol. The van der Waals surface area contributed by atoms with E-state index in [1.54, 1.807) is 14.2 Å². The van der Waals surface area contributed by atoms with Crippen LogP contribution in [0, 0.1) is 0 Å². The summed E-state index contributed by atoms with van der Waals surface area (Å²) < 4.78 is 23.7. The average molecular weight is 505 g/mol. The molecule has 0 amide bonds. The lowest BCUT2D eigenvalue weighted by atomic mass is 9.89. The molecular formula is C31H40N2O4. The van der Waals surface area contributed by atoms with Crippen molar-refractivity contribution in [3.63, 3.8) is 0 Å². The highest BCUT2D eigenvalue weighted by molar-refractivity contribution is 5.53. The van der Waals surface area contributed by atoms with Gasteiger partial charge in [0.05, 0.1) is 26.9 Å². The Morgan fingerprint density at radius 1 is 0.811 bits per heavy atom. The summed E-state index contributed by atoms with van der Waals surface area (Å²) in [6.07, 6.45) is 1.79. The van der Waals surface area contributed by atoms with Crippen LogP contribution < -0.4 is 24.3 Å². The van der Waals surface area contributed by atoms with Crippen LogP contribution in [0.5, 0.6) is 23.0 Å². The van der Waals surface area contributed by atoms with Crippen LogP contribution in [0.15, 0.2) is 60.7 Å². The van der Waals surface area contributed by atoms with E-state index in [1.165, 1.54) is 16.7 Å². The number of fused-ring (bicyclic) bond motifs is 1. The molecule has 198 valence electrons. The second-order valence-corrected chi connectivity index (χ2v) is 9.21. The van der Waals surface area contributed by atoms with E-state index in [4.69, 9.17) is 18.9 Å². The van der Waals surface area contributed by atoms with Crippen molar-refractivity contribution in [2.75, 3.05) is 53.6 Å². The maximum Gasteiger partial charge on any atom is 0.161 e. The number of hydrogen-bond acceptors (Lipinski definition) is 6. The van der Waals surface area contributed by atoms with E-state index >= 15 is 0 Å². The van der Waals surface area contributed by atoms with Crippen LogP contribution >= 0.6 is 0 Å².